The third-order valence-electron chi connectivity index (χ3n) is 4.57. The summed E-state index contributed by atoms with van der Waals surface area (Å²) >= 11 is 0. The Hall–Kier alpha value is -2.67. The Kier molecular flexibility index (Phi) is 5.68. The van der Waals surface area contributed by atoms with Crippen molar-refractivity contribution in [3.05, 3.63) is 41.9 Å². The molecule has 0 atom stereocenters. The molecule has 0 bridgehead atoms. The number of benzene rings is 1. The number of ether oxygens (including phenoxy) is 3. The minimum Gasteiger partial charge on any atom is -0.496 e. The highest BCUT2D eigenvalue weighted by Crippen LogP contribution is 2.35. The van der Waals surface area contributed by atoms with E-state index in [4.69, 9.17) is 18.6 Å². The van der Waals surface area contributed by atoms with E-state index in [1.165, 1.54) is 6.26 Å². The second-order valence-corrected chi connectivity index (χ2v) is 6.06. The van der Waals surface area contributed by atoms with Crippen LogP contribution < -0.4 is 14.2 Å². The highest BCUT2D eigenvalue weighted by Gasteiger charge is 2.24. The second kappa shape index (κ2) is 8.14. The van der Waals surface area contributed by atoms with Crippen LogP contribution in [0.15, 0.2) is 34.9 Å². The van der Waals surface area contributed by atoms with Crippen molar-refractivity contribution in [3.63, 3.8) is 0 Å². The van der Waals surface area contributed by atoms with Gasteiger partial charge in [0.15, 0.2) is 17.3 Å². The van der Waals surface area contributed by atoms with Gasteiger partial charge in [0, 0.05) is 44.4 Å². The quantitative estimate of drug-likeness (QED) is 0.787. The Balaban J connectivity index is 1.65. The van der Waals surface area contributed by atoms with Gasteiger partial charge in [-0.15, -0.1) is 0 Å². The maximum atomic E-state index is 12.3. The molecule has 3 rings (SSSR count). The molecule has 0 aliphatic carbocycles. The molecule has 0 N–H and O–H groups in total. The van der Waals surface area contributed by atoms with Crippen LogP contribution in [0.1, 0.15) is 16.1 Å². The number of carbonyl (C=O) groups excluding carboxylic acids is 1. The molecule has 1 amide bonds. The summed E-state index contributed by atoms with van der Waals surface area (Å²) < 4.78 is 21.4. The predicted octanol–water partition coefficient (Wildman–Crippen LogP) is 2.26. The third kappa shape index (κ3) is 3.77. The van der Waals surface area contributed by atoms with E-state index < -0.39 is 0 Å². The van der Waals surface area contributed by atoms with Crippen LogP contribution in [0.2, 0.25) is 0 Å². The molecule has 0 saturated carbocycles. The Bertz CT molecular complexity index is 737. The zero-order valence-electron chi connectivity index (χ0n) is 15.4. The number of hydrogen-bond donors (Lipinski definition) is 0. The molecule has 1 fully saturated rings. The standard InChI is InChI=1S/C19H24N2O5/c1-23-16-12-18(25-3)17(24-2)11-14(16)13-20-6-8-21(9-7-20)19(22)15-5-4-10-26-15/h4-5,10-12H,6-9,13H2,1-3H3. The molecule has 1 saturated heterocycles. The number of carbonyl (C=O) groups is 1. The number of piperazine rings is 1. The Morgan fingerprint density at radius 1 is 1.00 bits per heavy atom. The summed E-state index contributed by atoms with van der Waals surface area (Å²) in [6.07, 6.45) is 1.52. The molecule has 1 aliphatic rings. The molecule has 7 nitrogen and oxygen atoms in total. The summed E-state index contributed by atoms with van der Waals surface area (Å²) in [5, 5.41) is 0. The molecule has 1 aromatic carbocycles. The van der Waals surface area contributed by atoms with Gasteiger partial charge in [0.05, 0.1) is 27.6 Å². The Morgan fingerprint density at radius 2 is 1.65 bits per heavy atom. The number of nitrogens with zero attached hydrogens (tertiary/aromatic N) is 2. The molecule has 140 valence electrons. The van der Waals surface area contributed by atoms with Gasteiger partial charge in [0.2, 0.25) is 0 Å². The van der Waals surface area contributed by atoms with E-state index in [1.807, 2.05) is 17.0 Å². The molecule has 2 heterocycles. The van der Waals surface area contributed by atoms with Crippen molar-refractivity contribution in [2.75, 3.05) is 47.5 Å². The van der Waals surface area contributed by atoms with Crippen LogP contribution >= 0.6 is 0 Å². The van der Waals surface area contributed by atoms with Crippen molar-refractivity contribution in [2.24, 2.45) is 0 Å². The summed E-state index contributed by atoms with van der Waals surface area (Å²) in [7, 11) is 4.87. The molecule has 0 radical (unpaired) electrons. The summed E-state index contributed by atoms with van der Waals surface area (Å²) in [6, 6.07) is 7.21. The van der Waals surface area contributed by atoms with Gasteiger partial charge in [-0.1, -0.05) is 0 Å². The fraction of sp³-hybridized carbons (Fsp3) is 0.421. The first-order valence-corrected chi connectivity index (χ1v) is 8.50. The van der Waals surface area contributed by atoms with Crippen molar-refractivity contribution in [1.82, 2.24) is 9.80 Å². The van der Waals surface area contributed by atoms with E-state index >= 15 is 0 Å². The lowest BCUT2D eigenvalue weighted by molar-refractivity contribution is 0.0596. The van der Waals surface area contributed by atoms with Crippen LogP contribution in [0.25, 0.3) is 0 Å². The van der Waals surface area contributed by atoms with Crippen molar-refractivity contribution in [1.29, 1.82) is 0 Å². The number of hydrogen-bond acceptors (Lipinski definition) is 6. The van der Waals surface area contributed by atoms with Crippen molar-refractivity contribution in [3.8, 4) is 17.2 Å². The monoisotopic (exact) mass is 360 g/mol. The summed E-state index contributed by atoms with van der Waals surface area (Å²) in [5.74, 6) is 2.41. The molecular weight excluding hydrogens is 336 g/mol. The molecule has 26 heavy (non-hydrogen) atoms. The lowest BCUT2D eigenvalue weighted by Crippen LogP contribution is -2.48. The van der Waals surface area contributed by atoms with Gasteiger partial charge in [0.25, 0.3) is 5.91 Å². The van der Waals surface area contributed by atoms with Gasteiger partial charge < -0.3 is 23.5 Å². The number of methoxy groups -OCH3 is 3. The van der Waals surface area contributed by atoms with Crippen LogP contribution in [0.4, 0.5) is 0 Å². The van der Waals surface area contributed by atoms with Crippen LogP contribution in [-0.2, 0) is 6.54 Å². The van der Waals surface area contributed by atoms with E-state index in [2.05, 4.69) is 4.90 Å². The molecular formula is C19H24N2O5. The molecule has 2 aromatic rings. The zero-order valence-corrected chi connectivity index (χ0v) is 15.4. The molecule has 0 unspecified atom stereocenters. The van der Waals surface area contributed by atoms with Crippen LogP contribution in [-0.4, -0.2) is 63.2 Å². The Labute approximate surface area is 153 Å². The Morgan fingerprint density at radius 3 is 2.23 bits per heavy atom. The summed E-state index contributed by atoms with van der Waals surface area (Å²) in [4.78, 5) is 16.5. The highest BCUT2D eigenvalue weighted by molar-refractivity contribution is 5.91. The van der Waals surface area contributed by atoms with Crippen LogP contribution in [0.3, 0.4) is 0 Å². The summed E-state index contributed by atoms with van der Waals surface area (Å²) in [6.45, 7) is 3.60. The van der Waals surface area contributed by atoms with E-state index in [0.29, 0.717) is 36.9 Å². The lowest BCUT2D eigenvalue weighted by Gasteiger charge is -2.34. The second-order valence-electron chi connectivity index (χ2n) is 6.06. The normalized spacial score (nSPS) is 15.0. The first-order chi connectivity index (χ1) is 12.7. The molecule has 0 spiro atoms. The highest BCUT2D eigenvalue weighted by atomic mass is 16.5. The van der Waals surface area contributed by atoms with Crippen molar-refractivity contribution >= 4 is 5.91 Å². The lowest BCUT2D eigenvalue weighted by atomic mass is 10.1. The topological polar surface area (TPSA) is 64.4 Å². The zero-order chi connectivity index (χ0) is 18.5. The average molecular weight is 360 g/mol. The number of amides is 1. The average Bonchev–Trinajstić information content (AvgIpc) is 3.22. The van der Waals surface area contributed by atoms with E-state index in [9.17, 15) is 4.79 Å². The fourth-order valence-electron chi connectivity index (χ4n) is 3.12. The minimum absolute atomic E-state index is 0.0571. The SMILES string of the molecule is COc1cc(OC)c(OC)cc1CN1CCN(C(=O)c2ccco2)CC1. The fourth-order valence-corrected chi connectivity index (χ4v) is 3.12. The van der Waals surface area contributed by atoms with E-state index in [1.54, 1.807) is 33.5 Å². The smallest absolute Gasteiger partial charge is 0.289 e. The van der Waals surface area contributed by atoms with Crippen LogP contribution in [0, 0.1) is 0 Å². The van der Waals surface area contributed by atoms with Gasteiger partial charge in [-0.05, 0) is 18.2 Å². The molecule has 1 aromatic heterocycles. The van der Waals surface area contributed by atoms with E-state index in [0.717, 1.165) is 24.4 Å². The van der Waals surface area contributed by atoms with Gasteiger partial charge in [-0.3, -0.25) is 9.69 Å². The third-order valence-corrected chi connectivity index (χ3v) is 4.57. The minimum atomic E-state index is -0.0571. The van der Waals surface area contributed by atoms with Crippen molar-refractivity contribution < 1.29 is 23.4 Å². The van der Waals surface area contributed by atoms with Gasteiger partial charge in [-0.2, -0.15) is 0 Å². The van der Waals surface area contributed by atoms with Gasteiger partial charge in [0.1, 0.15) is 5.75 Å². The van der Waals surface area contributed by atoms with Gasteiger partial charge >= 0.3 is 0 Å². The van der Waals surface area contributed by atoms with Crippen LogP contribution in [0.5, 0.6) is 17.2 Å². The summed E-state index contributed by atoms with van der Waals surface area (Å²) in [5.41, 5.74) is 1.02. The predicted molar refractivity (Wildman–Crippen MR) is 96.0 cm³/mol. The molecule has 1 aliphatic heterocycles. The number of furan rings is 1. The largest absolute Gasteiger partial charge is 0.496 e. The van der Waals surface area contributed by atoms with Gasteiger partial charge in [-0.25, -0.2) is 0 Å². The molecule has 7 heteroatoms. The maximum absolute atomic E-state index is 12.3. The first kappa shape index (κ1) is 18.1. The van der Waals surface area contributed by atoms with Crippen molar-refractivity contribution in [2.45, 2.75) is 6.54 Å². The van der Waals surface area contributed by atoms with E-state index in [-0.39, 0.29) is 5.91 Å². The maximum Gasteiger partial charge on any atom is 0.289 e. The first-order valence-electron chi connectivity index (χ1n) is 8.50. The number of rotatable bonds is 6.